The van der Waals surface area contributed by atoms with Crippen molar-refractivity contribution >= 4 is 45.5 Å². The molecular weight excluding hydrogens is 562 g/mol. The van der Waals surface area contributed by atoms with E-state index in [1.54, 1.807) is 13.2 Å². The molecule has 0 atom stereocenters. The van der Waals surface area contributed by atoms with Crippen LogP contribution in [-0.4, -0.2) is 35.1 Å². The van der Waals surface area contributed by atoms with Gasteiger partial charge in [0.1, 0.15) is 12.4 Å². The number of rotatable bonds is 9. The molecule has 7 rings (SSSR count). The Bertz CT molecular complexity index is 2000. The molecule has 7 heteroatoms. The quantitative estimate of drug-likeness (QED) is 0.128. The molecule has 224 valence electrons. The maximum atomic E-state index is 13.8. The number of hydrogen-bond acceptors (Lipinski definition) is 5. The maximum Gasteiger partial charge on any atom is 0.339 e. The highest BCUT2D eigenvalue weighted by atomic mass is 16.7. The molecule has 2 aliphatic rings. The van der Waals surface area contributed by atoms with E-state index in [1.165, 1.54) is 16.1 Å². The summed E-state index contributed by atoms with van der Waals surface area (Å²) in [4.78, 5) is 20.9. The van der Waals surface area contributed by atoms with Crippen molar-refractivity contribution in [2.75, 3.05) is 13.7 Å². The molecule has 1 aliphatic carbocycles. The second-order valence-electron chi connectivity index (χ2n) is 11.0. The zero-order valence-electron chi connectivity index (χ0n) is 25.1. The largest absolute Gasteiger partial charge is 0.496 e. The predicted molar refractivity (Wildman–Crippen MR) is 178 cm³/mol. The van der Waals surface area contributed by atoms with Crippen LogP contribution in [-0.2, 0) is 27.4 Å². The van der Waals surface area contributed by atoms with E-state index in [0.717, 1.165) is 51.6 Å². The van der Waals surface area contributed by atoms with Crippen molar-refractivity contribution < 1.29 is 19.1 Å². The van der Waals surface area contributed by atoms with E-state index in [9.17, 15) is 4.79 Å². The van der Waals surface area contributed by atoms with Crippen LogP contribution in [0.2, 0.25) is 0 Å². The fourth-order valence-corrected chi connectivity index (χ4v) is 5.97. The van der Waals surface area contributed by atoms with E-state index < -0.39 is 0 Å². The first-order valence-electron chi connectivity index (χ1n) is 15.2. The third kappa shape index (κ3) is 5.72. The molecule has 1 saturated heterocycles. The Morgan fingerprint density at radius 3 is 2.56 bits per heavy atom. The number of benzene rings is 4. The lowest BCUT2D eigenvalue weighted by molar-refractivity contribution is -0.122. The number of carbonyl (C=O) groups is 1. The van der Waals surface area contributed by atoms with Crippen LogP contribution in [0.1, 0.15) is 29.5 Å². The van der Waals surface area contributed by atoms with E-state index in [-0.39, 0.29) is 24.3 Å². The van der Waals surface area contributed by atoms with Crippen molar-refractivity contribution in [1.82, 2.24) is 9.47 Å². The molecule has 1 aliphatic heterocycles. The summed E-state index contributed by atoms with van der Waals surface area (Å²) in [6, 6.07) is 32.4. The molecule has 0 N–H and O–H groups in total. The van der Waals surface area contributed by atoms with Crippen molar-refractivity contribution in [3.63, 3.8) is 0 Å². The zero-order chi connectivity index (χ0) is 30.6. The lowest BCUT2D eigenvalue weighted by Gasteiger charge is -2.14. The summed E-state index contributed by atoms with van der Waals surface area (Å²) in [5.41, 5.74) is 6.39. The lowest BCUT2D eigenvalue weighted by atomic mass is 10.1. The number of methoxy groups -OCH3 is 1. The van der Waals surface area contributed by atoms with Gasteiger partial charge in [-0.1, -0.05) is 84.9 Å². The summed E-state index contributed by atoms with van der Waals surface area (Å²) in [5.74, 6) is 0.695. The Hall–Kier alpha value is -5.56. The number of amides is 1. The van der Waals surface area contributed by atoms with Crippen LogP contribution in [0.4, 0.5) is 0 Å². The van der Waals surface area contributed by atoms with Crippen molar-refractivity contribution in [1.29, 1.82) is 0 Å². The van der Waals surface area contributed by atoms with E-state index in [4.69, 9.17) is 14.3 Å². The Balaban J connectivity index is 1.21. The highest BCUT2D eigenvalue weighted by Gasteiger charge is 2.35. The molecule has 0 radical (unpaired) electrons. The third-order valence-electron chi connectivity index (χ3n) is 8.18. The second-order valence-corrected chi connectivity index (χ2v) is 11.0. The van der Waals surface area contributed by atoms with Crippen LogP contribution < -0.4 is 4.74 Å². The normalized spacial score (nSPS) is 16.5. The summed E-state index contributed by atoms with van der Waals surface area (Å²) in [6.07, 6.45) is 10.9. The number of hydrogen-bond donors (Lipinski definition) is 0. The number of aromatic nitrogens is 1. The van der Waals surface area contributed by atoms with Gasteiger partial charge in [-0.15, -0.1) is 0 Å². The van der Waals surface area contributed by atoms with Gasteiger partial charge in [-0.25, -0.2) is 0 Å². The van der Waals surface area contributed by atoms with E-state index in [1.807, 2.05) is 60.7 Å². The number of allylic oxidation sites excluding steroid dienone is 4. The van der Waals surface area contributed by atoms with Gasteiger partial charge in [0, 0.05) is 23.0 Å². The van der Waals surface area contributed by atoms with Crippen LogP contribution in [0.25, 0.3) is 33.6 Å². The van der Waals surface area contributed by atoms with Crippen LogP contribution in [0.15, 0.2) is 126 Å². The highest BCUT2D eigenvalue weighted by Crippen LogP contribution is 2.35. The monoisotopic (exact) mass is 595 g/mol. The van der Waals surface area contributed by atoms with Crippen molar-refractivity contribution in [3.8, 4) is 5.75 Å². The average Bonchev–Trinajstić information content (AvgIpc) is 3.57. The van der Waals surface area contributed by atoms with Gasteiger partial charge in [-0.05, 0) is 77.5 Å². The number of ether oxygens (including phenoxy) is 2. The first kappa shape index (κ1) is 28.2. The lowest BCUT2D eigenvalue weighted by Crippen LogP contribution is -2.32. The molecule has 45 heavy (non-hydrogen) atoms. The first-order valence-corrected chi connectivity index (χ1v) is 15.2. The molecule has 0 unspecified atom stereocenters. The Kier molecular flexibility index (Phi) is 7.89. The van der Waals surface area contributed by atoms with Gasteiger partial charge >= 0.3 is 6.02 Å². The zero-order valence-corrected chi connectivity index (χ0v) is 25.1. The Labute approximate surface area is 261 Å². The van der Waals surface area contributed by atoms with Gasteiger partial charge in [0.2, 0.25) is 0 Å². The van der Waals surface area contributed by atoms with Crippen molar-refractivity contribution in [2.45, 2.75) is 25.9 Å². The minimum atomic E-state index is -0.270. The van der Waals surface area contributed by atoms with Crippen LogP contribution in [0, 0.1) is 0 Å². The van der Waals surface area contributed by atoms with Crippen molar-refractivity contribution in [2.24, 2.45) is 5.16 Å². The van der Waals surface area contributed by atoms with E-state index in [2.05, 4.69) is 64.3 Å². The summed E-state index contributed by atoms with van der Waals surface area (Å²) in [6.45, 7) is 0.606. The molecule has 0 spiro atoms. The summed E-state index contributed by atoms with van der Waals surface area (Å²) in [5, 5.41) is 6.54. The van der Waals surface area contributed by atoms with Gasteiger partial charge in [-0.2, -0.15) is 0 Å². The minimum absolute atomic E-state index is 0.118. The molecular formula is C38H33N3O4. The molecule has 1 fully saturated rings. The standard InChI is InChI=1S/C38H33N3O4/c1-43-35-19-11-8-14-29(35)22-23-40-37(42)36(45-38(40)39-44-26-27-12-4-2-5-13-27)25-28-20-21-34-32(24-28)31-17-9-10-18-33(31)41(34)30-15-6-3-7-16-30/h2-6,8-15,17-21,24-25H,7,16,22-23,26H2,1H3. The fourth-order valence-electron chi connectivity index (χ4n) is 5.97. The van der Waals surface area contributed by atoms with Gasteiger partial charge < -0.3 is 18.9 Å². The SMILES string of the molecule is COc1ccccc1CCN1C(=O)C(=Cc2ccc3c(c2)c2ccccc2n3C2=CC=CCC2)OC1=NOCc1ccccc1. The molecule has 7 nitrogen and oxygen atoms in total. The van der Waals surface area contributed by atoms with E-state index in [0.29, 0.717) is 13.0 Å². The second kappa shape index (κ2) is 12.6. The number of para-hydroxylation sites is 2. The van der Waals surface area contributed by atoms with Gasteiger partial charge in [0.25, 0.3) is 5.91 Å². The number of oxime groups is 1. The highest BCUT2D eigenvalue weighted by molar-refractivity contribution is 6.13. The Morgan fingerprint density at radius 1 is 0.911 bits per heavy atom. The van der Waals surface area contributed by atoms with Crippen LogP contribution in [0.3, 0.4) is 0 Å². The third-order valence-corrected chi connectivity index (χ3v) is 8.18. The Morgan fingerprint density at radius 2 is 1.71 bits per heavy atom. The van der Waals surface area contributed by atoms with Gasteiger partial charge in [-0.3, -0.25) is 9.69 Å². The number of amidine groups is 1. The molecule has 1 aromatic heterocycles. The molecule has 0 bridgehead atoms. The maximum absolute atomic E-state index is 13.8. The van der Waals surface area contributed by atoms with Crippen LogP contribution >= 0.6 is 0 Å². The molecule has 4 aromatic carbocycles. The van der Waals surface area contributed by atoms with Crippen LogP contribution in [0.5, 0.6) is 5.75 Å². The van der Waals surface area contributed by atoms with Gasteiger partial charge in [0.05, 0.1) is 18.1 Å². The number of nitrogens with zero attached hydrogens (tertiary/aromatic N) is 3. The smallest absolute Gasteiger partial charge is 0.339 e. The molecule has 1 amide bonds. The number of fused-ring (bicyclic) bond motifs is 3. The van der Waals surface area contributed by atoms with E-state index >= 15 is 0 Å². The first-order chi connectivity index (χ1) is 22.2. The molecule has 5 aromatic rings. The van der Waals surface area contributed by atoms with Gasteiger partial charge in [0.15, 0.2) is 5.76 Å². The summed E-state index contributed by atoms with van der Waals surface area (Å²) >= 11 is 0. The average molecular weight is 596 g/mol. The fraction of sp³-hybridized carbons (Fsp3) is 0.158. The van der Waals surface area contributed by atoms with Crippen molar-refractivity contribution in [3.05, 3.63) is 138 Å². The molecule has 2 heterocycles. The predicted octanol–water partition coefficient (Wildman–Crippen LogP) is 7.92. The minimum Gasteiger partial charge on any atom is -0.496 e. The summed E-state index contributed by atoms with van der Waals surface area (Å²) < 4.78 is 14.0. The summed E-state index contributed by atoms with van der Waals surface area (Å²) in [7, 11) is 1.64. The topological polar surface area (TPSA) is 65.3 Å². The molecule has 0 saturated carbocycles. The number of carbonyl (C=O) groups excluding carboxylic acids is 1.